The van der Waals surface area contributed by atoms with Gasteiger partial charge in [-0.25, -0.2) is 0 Å². The smallest absolute Gasteiger partial charge is 0.281 e. The number of para-hydroxylation sites is 1. The number of aryl methyl sites for hydroxylation is 1. The van der Waals surface area contributed by atoms with E-state index in [1.165, 1.54) is 10.6 Å². The highest BCUT2D eigenvalue weighted by atomic mass is 35.5. The van der Waals surface area contributed by atoms with Crippen LogP contribution in [-0.4, -0.2) is 11.6 Å². The Morgan fingerprint density at radius 2 is 1.57 bits per heavy atom. The van der Waals surface area contributed by atoms with Crippen LogP contribution >= 0.6 is 11.6 Å². The van der Waals surface area contributed by atoms with Crippen LogP contribution in [0, 0.1) is 6.92 Å². The molecule has 4 nitrogen and oxygen atoms in total. The first-order valence-corrected chi connectivity index (χ1v) is 11.7. The van der Waals surface area contributed by atoms with Crippen LogP contribution in [0.4, 0.5) is 5.69 Å². The largest absolute Gasteiger partial charge is 0.487 e. The zero-order chi connectivity index (χ0) is 24.2. The molecule has 0 N–H and O–H groups in total. The maximum absolute atomic E-state index is 13.4. The molecule has 5 rings (SSSR count). The number of rotatable bonds is 6. The van der Waals surface area contributed by atoms with E-state index in [0.717, 1.165) is 16.7 Å². The summed E-state index contributed by atoms with van der Waals surface area (Å²) in [6.45, 7) is 2.48. The summed E-state index contributed by atoms with van der Waals surface area (Å²) >= 11 is 6.54. The van der Waals surface area contributed by atoms with Crippen molar-refractivity contribution in [1.29, 1.82) is 0 Å². The predicted octanol–water partition coefficient (Wildman–Crippen LogP) is 7.06. The van der Waals surface area contributed by atoms with Crippen LogP contribution in [0.3, 0.4) is 0 Å². The first-order chi connectivity index (χ1) is 17.1. The lowest BCUT2D eigenvalue weighted by molar-refractivity contribution is -0.114. The molecule has 0 radical (unpaired) electrons. The summed E-state index contributed by atoms with van der Waals surface area (Å²) < 4.78 is 5.92. The lowest BCUT2D eigenvalue weighted by atomic mass is 10.0. The van der Waals surface area contributed by atoms with Gasteiger partial charge in [-0.1, -0.05) is 96.0 Å². The number of ether oxygens (including phenoxy) is 1. The van der Waals surface area contributed by atoms with E-state index in [4.69, 9.17) is 16.3 Å². The Hall–Kier alpha value is -4.15. The second-order valence-corrected chi connectivity index (χ2v) is 8.70. The molecular formula is C30H23ClN2O2. The first kappa shape index (κ1) is 22.6. The van der Waals surface area contributed by atoms with Crippen molar-refractivity contribution in [1.82, 2.24) is 0 Å². The monoisotopic (exact) mass is 478 g/mol. The van der Waals surface area contributed by atoms with Crippen molar-refractivity contribution in [2.24, 2.45) is 5.10 Å². The Morgan fingerprint density at radius 3 is 2.26 bits per heavy atom. The minimum Gasteiger partial charge on any atom is -0.487 e. The van der Waals surface area contributed by atoms with E-state index in [9.17, 15) is 4.79 Å². The summed E-state index contributed by atoms with van der Waals surface area (Å²) in [4.78, 5) is 13.4. The van der Waals surface area contributed by atoms with Gasteiger partial charge in [0, 0.05) is 5.56 Å². The van der Waals surface area contributed by atoms with Crippen LogP contribution in [0.25, 0.3) is 6.08 Å². The van der Waals surface area contributed by atoms with Gasteiger partial charge in [0.2, 0.25) is 0 Å². The highest BCUT2D eigenvalue weighted by molar-refractivity contribution is 6.37. The SMILES string of the molecule is Cc1ccc(COc2ccc(/C=C3\C(=O)N(c4ccccc4)N=C3c3ccccc3)cc2Cl)cc1. The quantitative estimate of drug-likeness (QED) is 0.278. The zero-order valence-electron chi connectivity index (χ0n) is 19.2. The number of hydrogen-bond donors (Lipinski definition) is 0. The third kappa shape index (κ3) is 5.03. The Labute approximate surface area is 209 Å². The van der Waals surface area contributed by atoms with Gasteiger partial charge in [0.05, 0.1) is 16.3 Å². The number of anilines is 1. The van der Waals surface area contributed by atoms with Gasteiger partial charge >= 0.3 is 0 Å². The molecule has 1 aliphatic heterocycles. The molecule has 0 saturated heterocycles. The Morgan fingerprint density at radius 1 is 0.886 bits per heavy atom. The number of hydrogen-bond acceptors (Lipinski definition) is 3. The van der Waals surface area contributed by atoms with Crippen LogP contribution in [0.2, 0.25) is 5.02 Å². The second kappa shape index (κ2) is 10.00. The fraction of sp³-hybridized carbons (Fsp3) is 0.0667. The van der Waals surface area contributed by atoms with Gasteiger partial charge in [-0.05, 0) is 48.4 Å². The van der Waals surface area contributed by atoms with E-state index in [2.05, 4.69) is 24.2 Å². The van der Waals surface area contributed by atoms with Crippen LogP contribution in [0.1, 0.15) is 22.3 Å². The molecule has 0 aromatic heterocycles. The molecule has 172 valence electrons. The van der Waals surface area contributed by atoms with Crippen molar-refractivity contribution >= 4 is 35.0 Å². The standard InChI is InChI=1S/C30H23ClN2O2/c1-21-12-14-22(15-13-21)20-35-28-17-16-23(19-27(28)31)18-26-29(24-8-4-2-5-9-24)32-33(30(26)34)25-10-6-3-7-11-25/h2-19H,20H2,1H3/b26-18-. The summed E-state index contributed by atoms with van der Waals surface area (Å²) in [7, 11) is 0. The zero-order valence-corrected chi connectivity index (χ0v) is 19.9. The van der Waals surface area contributed by atoms with Gasteiger partial charge < -0.3 is 4.74 Å². The molecule has 0 fully saturated rings. The second-order valence-electron chi connectivity index (χ2n) is 8.29. The molecule has 4 aromatic rings. The Balaban J connectivity index is 1.43. The van der Waals surface area contributed by atoms with Crippen molar-refractivity contribution in [3.8, 4) is 5.75 Å². The number of nitrogens with zero attached hydrogens (tertiary/aromatic N) is 2. The molecule has 5 heteroatoms. The lowest BCUT2D eigenvalue weighted by Gasteiger charge is -2.11. The van der Waals surface area contributed by atoms with E-state index < -0.39 is 0 Å². The van der Waals surface area contributed by atoms with Gasteiger partial charge in [0.25, 0.3) is 5.91 Å². The fourth-order valence-electron chi connectivity index (χ4n) is 3.83. The van der Waals surface area contributed by atoms with Crippen molar-refractivity contribution in [3.05, 3.63) is 136 Å². The molecule has 1 aliphatic rings. The molecule has 0 aliphatic carbocycles. The van der Waals surface area contributed by atoms with E-state index in [1.807, 2.05) is 91.0 Å². The van der Waals surface area contributed by atoms with Crippen LogP contribution in [0.5, 0.6) is 5.75 Å². The minimum absolute atomic E-state index is 0.189. The number of hydrazone groups is 1. The summed E-state index contributed by atoms with van der Waals surface area (Å²) in [6, 6.07) is 32.8. The number of benzene rings is 4. The average Bonchev–Trinajstić information content (AvgIpc) is 3.21. The number of carbonyl (C=O) groups is 1. The summed E-state index contributed by atoms with van der Waals surface area (Å²) in [5.41, 5.74) is 5.77. The highest BCUT2D eigenvalue weighted by Crippen LogP contribution is 2.31. The summed E-state index contributed by atoms with van der Waals surface area (Å²) in [6.07, 6.45) is 1.83. The average molecular weight is 479 g/mol. The molecule has 1 heterocycles. The van der Waals surface area contributed by atoms with E-state index in [0.29, 0.717) is 34.4 Å². The van der Waals surface area contributed by atoms with Gasteiger partial charge in [-0.15, -0.1) is 0 Å². The van der Waals surface area contributed by atoms with Crippen molar-refractivity contribution < 1.29 is 9.53 Å². The topological polar surface area (TPSA) is 41.9 Å². The van der Waals surface area contributed by atoms with Crippen LogP contribution < -0.4 is 9.75 Å². The molecule has 0 bridgehead atoms. The Kier molecular flexibility index (Phi) is 6.47. The minimum atomic E-state index is -0.189. The molecule has 0 spiro atoms. The molecule has 0 unspecified atom stereocenters. The lowest BCUT2D eigenvalue weighted by Crippen LogP contribution is -2.21. The molecule has 1 amide bonds. The Bertz CT molecular complexity index is 1410. The predicted molar refractivity (Wildman–Crippen MR) is 142 cm³/mol. The van der Waals surface area contributed by atoms with Crippen LogP contribution in [0.15, 0.2) is 114 Å². The van der Waals surface area contributed by atoms with E-state index in [-0.39, 0.29) is 5.91 Å². The number of amides is 1. The number of halogens is 1. The highest BCUT2D eigenvalue weighted by Gasteiger charge is 2.31. The molecule has 4 aromatic carbocycles. The van der Waals surface area contributed by atoms with Gasteiger partial charge in [-0.2, -0.15) is 10.1 Å². The van der Waals surface area contributed by atoms with Crippen molar-refractivity contribution in [2.45, 2.75) is 13.5 Å². The third-order valence-electron chi connectivity index (χ3n) is 5.71. The molecular weight excluding hydrogens is 456 g/mol. The van der Waals surface area contributed by atoms with Gasteiger partial charge in [0.15, 0.2) is 0 Å². The molecule has 0 saturated carbocycles. The fourth-order valence-corrected chi connectivity index (χ4v) is 4.08. The normalized spacial score (nSPS) is 14.3. The van der Waals surface area contributed by atoms with Crippen molar-refractivity contribution in [3.63, 3.8) is 0 Å². The van der Waals surface area contributed by atoms with Gasteiger partial charge in [0.1, 0.15) is 18.1 Å². The first-order valence-electron chi connectivity index (χ1n) is 11.3. The summed E-state index contributed by atoms with van der Waals surface area (Å²) in [5, 5.41) is 6.59. The summed E-state index contributed by atoms with van der Waals surface area (Å²) in [5.74, 6) is 0.404. The van der Waals surface area contributed by atoms with E-state index in [1.54, 1.807) is 6.07 Å². The molecule has 0 atom stereocenters. The van der Waals surface area contributed by atoms with Crippen molar-refractivity contribution in [2.75, 3.05) is 5.01 Å². The van der Waals surface area contributed by atoms with E-state index >= 15 is 0 Å². The molecule has 35 heavy (non-hydrogen) atoms. The maximum Gasteiger partial charge on any atom is 0.281 e. The third-order valence-corrected chi connectivity index (χ3v) is 6.00. The van der Waals surface area contributed by atoms with Crippen LogP contribution in [-0.2, 0) is 11.4 Å². The van der Waals surface area contributed by atoms with Gasteiger partial charge in [-0.3, -0.25) is 4.79 Å². The number of carbonyl (C=O) groups excluding carboxylic acids is 1. The maximum atomic E-state index is 13.4.